The summed E-state index contributed by atoms with van der Waals surface area (Å²) in [5.41, 5.74) is 3.64. The van der Waals surface area contributed by atoms with E-state index in [1.807, 2.05) is 31.8 Å². The average molecular weight is 261 g/mol. The second kappa shape index (κ2) is 5.61. The molecule has 0 spiro atoms. The Labute approximate surface area is 114 Å². The zero-order valence-corrected chi connectivity index (χ0v) is 12.4. The Morgan fingerprint density at radius 1 is 1.32 bits per heavy atom. The number of aromatic nitrogens is 2. The van der Waals surface area contributed by atoms with Crippen LogP contribution in [0.2, 0.25) is 0 Å². The number of hydrogen-bond acceptors (Lipinski definition) is 3. The second-order valence-electron chi connectivity index (χ2n) is 5.02. The van der Waals surface area contributed by atoms with Gasteiger partial charge in [-0.15, -0.1) is 0 Å². The number of aryl methyl sites for hydroxylation is 3. The van der Waals surface area contributed by atoms with Crippen LogP contribution >= 0.6 is 0 Å². The van der Waals surface area contributed by atoms with Crippen molar-refractivity contribution in [1.82, 2.24) is 15.1 Å². The standard InChI is InChI=1S/C15H23N3O/c1-6-8-16-15(13-7-9-17-18(13)5)14-10(2)11(3)19-12(14)4/h7,9,15-16H,6,8H2,1-5H3. The first-order chi connectivity index (χ1) is 9.06. The summed E-state index contributed by atoms with van der Waals surface area (Å²) in [4.78, 5) is 0. The van der Waals surface area contributed by atoms with Crippen molar-refractivity contribution in [1.29, 1.82) is 0 Å². The maximum absolute atomic E-state index is 5.77. The summed E-state index contributed by atoms with van der Waals surface area (Å²) in [6.45, 7) is 9.32. The van der Waals surface area contributed by atoms with Crippen LogP contribution in [-0.2, 0) is 7.05 Å². The molecule has 1 N–H and O–H groups in total. The Bertz CT molecular complexity index is 554. The van der Waals surface area contributed by atoms with Gasteiger partial charge in [-0.1, -0.05) is 6.92 Å². The predicted octanol–water partition coefficient (Wildman–Crippen LogP) is 3.03. The Morgan fingerprint density at radius 3 is 2.53 bits per heavy atom. The maximum Gasteiger partial charge on any atom is 0.106 e. The molecule has 0 aromatic carbocycles. The van der Waals surface area contributed by atoms with Gasteiger partial charge in [0, 0.05) is 18.8 Å². The van der Waals surface area contributed by atoms with E-state index in [9.17, 15) is 0 Å². The number of nitrogens with zero attached hydrogens (tertiary/aromatic N) is 2. The van der Waals surface area contributed by atoms with Crippen molar-refractivity contribution in [3.05, 3.63) is 40.6 Å². The first-order valence-electron chi connectivity index (χ1n) is 6.84. The minimum Gasteiger partial charge on any atom is -0.466 e. The topological polar surface area (TPSA) is 43.0 Å². The van der Waals surface area contributed by atoms with Crippen LogP contribution in [0.25, 0.3) is 0 Å². The van der Waals surface area contributed by atoms with Crippen LogP contribution < -0.4 is 5.32 Å². The van der Waals surface area contributed by atoms with Crippen LogP contribution in [0.3, 0.4) is 0 Å². The summed E-state index contributed by atoms with van der Waals surface area (Å²) < 4.78 is 7.70. The molecule has 4 nitrogen and oxygen atoms in total. The van der Waals surface area contributed by atoms with Crippen LogP contribution in [0.5, 0.6) is 0 Å². The van der Waals surface area contributed by atoms with Gasteiger partial charge in [-0.05, 0) is 45.4 Å². The molecule has 19 heavy (non-hydrogen) atoms. The van der Waals surface area contributed by atoms with Gasteiger partial charge < -0.3 is 9.73 Å². The Morgan fingerprint density at radius 2 is 2.05 bits per heavy atom. The van der Waals surface area contributed by atoms with Crippen molar-refractivity contribution in [2.24, 2.45) is 7.05 Å². The van der Waals surface area contributed by atoms with Crippen LogP contribution in [-0.4, -0.2) is 16.3 Å². The summed E-state index contributed by atoms with van der Waals surface area (Å²) >= 11 is 0. The normalized spacial score (nSPS) is 12.9. The highest BCUT2D eigenvalue weighted by atomic mass is 16.3. The van der Waals surface area contributed by atoms with Crippen molar-refractivity contribution in [3.63, 3.8) is 0 Å². The van der Waals surface area contributed by atoms with Crippen LogP contribution in [0.4, 0.5) is 0 Å². The summed E-state index contributed by atoms with van der Waals surface area (Å²) in [5.74, 6) is 1.99. The minimum atomic E-state index is 0.143. The van der Waals surface area contributed by atoms with Crippen LogP contribution in [0.15, 0.2) is 16.7 Å². The molecular formula is C15H23N3O. The number of rotatable bonds is 5. The number of furan rings is 1. The molecule has 0 aliphatic heterocycles. The first kappa shape index (κ1) is 13.9. The van der Waals surface area contributed by atoms with Gasteiger partial charge in [0.2, 0.25) is 0 Å². The zero-order valence-electron chi connectivity index (χ0n) is 12.4. The van der Waals surface area contributed by atoms with E-state index in [0.29, 0.717) is 0 Å². The average Bonchev–Trinajstić information content (AvgIpc) is 2.88. The van der Waals surface area contributed by atoms with Gasteiger partial charge in [-0.3, -0.25) is 4.68 Å². The number of hydrogen-bond donors (Lipinski definition) is 1. The second-order valence-corrected chi connectivity index (χ2v) is 5.02. The molecular weight excluding hydrogens is 238 g/mol. The van der Waals surface area contributed by atoms with E-state index in [1.165, 1.54) is 16.8 Å². The zero-order chi connectivity index (χ0) is 14.0. The van der Waals surface area contributed by atoms with E-state index < -0.39 is 0 Å². The molecule has 2 heterocycles. The molecule has 0 saturated heterocycles. The molecule has 1 unspecified atom stereocenters. The highest BCUT2D eigenvalue weighted by Gasteiger charge is 2.24. The monoisotopic (exact) mass is 261 g/mol. The van der Waals surface area contributed by atoms with E-state index in [4.69, 9.17) is 4.42 Å². The Balaban J connectivity index is 2.46. The summed E-state index contributed by atoms with van der Waals surface area (Å²) in [5, 5.41) is 7.89. The van der Waals surface area contributed by atoms with E-state index >= 15 is 0 Å². The lowest BCUT2D eigenvalue weighted by molar-refractivity contribution is 0.488. The van der Waals surface area contributed by atoms with Crippen LogP contribution in [0, 0.1) is 20.8 Å². The third kappa shape index (κ3) is 2.59. The van der Waals surface area contributed by atoms with E-state index in [-0.39, 0.29) is 6.04 Å². The van der Waals surface area contributed by atoms with E-state index in [2.05, 4.69) is 30.3 Å². The highest BCUT2D eigenvalue weighted by molar-refractivity contribution is 5.38. The molecule has 0 aliphatic rings. The van der Waals surface area contributed by atoms with Gasteiger partial charge in [0.15, 0.2) is 0 Å². The van der Waals surface area contributed by atoms with Crippen molar-refractivity contribution < 1.29 is 4.42 Å². The van der Waals surface area contributed by atoms with Crippen molar-refractivity contribution >= 4 is 0 Å². The van der Waals surface area contributed by atoms with E-state index in [1.54, 1.807) is 0 Å². The van der Waals surface area contributed by atoms with Crippen molar-refractivity contribution in [2.75, 3.05) is 6.54 Å². The fourth-order valence-electron chi connectivity index (χ4n) is 2.55. The largest absolute Gasteiger partial charge is 0.466 e. The molecule has 1 atom stereocenters. The molecule has 0 radical (unpaired) electrons. The van der Waals surface area contributed by atoms with Crippen molar-refractivity contribution in [3.8, 4) is 0 Å². The molecule has 0 aliphatic carbocycles. The minimum absolute atomic E-state index is 0.143. The molecule has 104 valence electrons. The molecule has 0 saturated carbocycles. The quantitative estimate of drug-likeness (QED) is 0.899. The highest BCUT2D eigenvalue weighted by Crippen LogP contribution is 2.31. The lowest BCUT2D eigenvalue weighted by Gasteiger charge is -2.19. The molecule has 2 aromatic rings. The van der Waals surface area contributed by atoms with Gasteiger partial charge in [0.05, 0.1) is 11.7 Å². The Kier molecular flexibility index (Phi) is 4.10. The molecule has 2 aromatic heterocycles. The van der Waals surface area contributed by atoms with Gasteiger partial charge in [0.25, 0.3) is 0 Å². The Hall–Kier alpha value is -1.55. The predicted molar refractivity (Wildman–Crippen MR) is 76.3 cm³/mol. The van der Waals surface area contributed by atoms with Crippen molar-refractivity contribution in [2.45, 2.75) is 40.2 Å². The van der Waals surface area contributed by atoms with Gasteiger partial charge in [-0.25, -0.2) is 0 Å². The molecule has 0 bridgehead atoms. The smallest absolute Gasteiger partial charge is 0.106 e. The molecule has 2 rings (SSSR count). The first-order valence-corrected chi connectivity index (χ1v) is 6.84. The number of nitrogens with one attached hydrogen (secondary N) is 1. The summed E-state index contributed by atoms with van der Waals surface area (Å²) in [6.07, 6.45) is 2.94. The summed E-state index contributed by atoms with van der Waals surface area (Å²) in [6, 6.07) is 2.21. The van der Waals surface area contributed by atoms with Crippen LogP contribution in [0.1, 0.15) is 47.7 Å². The van der Waals surface area contributed by atoms with E-state index in [0.717, 1.165) is 24.5 Å². The third-order valence-corrected chi connectivity index (χ3v) is 3.66. The maximum atomic E-state index is 5.77. The fraction of sp³-hybridized carbons (Fsp3) is 0.533. The molecule has 0 fully saturated rings. The lowest BCUT2D eigenvalue weighted by atomic mass is 9.99. The molecule has 4 heteroatoms. The van der Waals surface area contributed by atoms with Gasteiger partial charge in [0.1, 0.15) is 11.5 Å². The summed E-state index contributed by atoms with van der Waals surface area (Å²) in [7, 11) is 1.98. The van der Waals surface area contributed by atoms with Gasteiger partial charge >= 0.3 is 0 Å². The third-order valence-electron chi connectivity index (χ3n) is 3.66. The van der Waals surface area contributed by atoms with Gasteiger partial charge in [-0.2, -0.15) is 5.10 Å². The SMILES string of the molecule is CCCNC(c1c(C)oc(C)c1C)c1ccnn1C. The lowest BCUT2D eigenvalue weighted by Crippen LogP contribution is -2.26. The fourth-order valence-corrected chi connectivity index (χ4v) is 2.55. The molecule has 0 amide bonds.